The molecule has 0 saturated heterocycles. The van der Waals surface area contributed by atoms with Gasteiger partial charge in [0.1, 0.15) is 6.54 Å². The lowest BCUT2D eigenvalue weighted by Crippen LogP contribution is -2.28. The maximum atomic E-state index is 13.4. The lowest BCUT2D eigenvalue weighted by atomic mass is 10.1. The van der Waals surface area contributed by atoms with Crippen LogP contribution < -0.4 is 5.32 Å². The van der Waals surface area contributed by atoms with Crippen LogP contribution in [-0.2, 0) is 31.1 Å². The molecular weight excluding hydrogens is 373 g/mol. The Hall–Kier alpha value is -2.91. The number of fused-ring (bicyclic) bond motifs is 1. The molecule has 0 radical (unpaired) electrons. The third-order valence-electron chi connectivity index (χ3n) is 4.73. The predicted molar refractivity (Wildman–Crippen MR) is 96.5 cm³/mol. The largest absolute Gasteiger partial charge is 0.417 e. The second kappa shape index (κ2) is 6.92. The Labute approximate surface area is 159 Å². The Morgan fingerprint density at radius 2 is 1.82 bits per heavy atom. The number of aryl methyl sites for hydroxylation is 4. The van der Waals surface area contributed by atoms with E-state index < -0.39 is 11.7 Å². The fourth-order valence-electron chi connectivity index (χ4n) is 3.26. The van der Waals surface area contributed by atoms with Crippen LogP contribution in [0.15, 0.2) is 6.07 Å². The second-order valence-electron chi connectivity index (χ2n) is 6.80. The number of nitrogens with one attached hydrogen (secondary N) is 1. The maximum absolute atomic E-state index is 13.4. The number of amides is 1. The summed E-state index contributed by atoms with van der Waals surface area (Å²) in [6.45, 7) is 6.77. The van der Waals surface area contributed by atoms with Crippen LogP contribution in [0.4, 0.5) is 13.2 Å². The van der Waals surface area contributed by atoms with E-state index in [-0.39, 0.29) is 41.4 Å². The number of carbonyl (C=O) groups excluding carboxylic acids is 1. The van der Waals surface area contributed by atoms with Gasteiger partial charge in [-0.15, -0.1) is 0 Å². The highest BCUT2D eigenvalue weighted by Crippen LogP contribution is 2.36. The van der Waals surface area contributed by atoms with E-state index in [4.69, 9.17) is 0 Å². The zero-order valence-corrected chi connectivity index (χ0v) is 16.3. The molecule has 0 aliphatic carbocycles. The number of hydrogen-bond donors (Lipinski definition) is 1. The molecule has 7 nitrogen and oxygen atoms in total. The van der Waals surface area contributed by atoms with Crippen molar-refractivity contribution in [1.82, 2.24) is 29.9 Å². The van der Waals surface area contributed by atoms with Crippen LogP contribution in [-0.4, -0.2) is 30.5 Å². The van der Waals surface area contributed by atoms with E-state index in [1.54, 1.807) is 4.68 Å². The zero-order chi connectivity index (χ0) is 20.8. The molecule has 150 valence electrons. The minimum Gasteiger partial charge on any atom is -0.350 e. The van der Waals surface area contributed by atoms with Crippen molar-refractivity contribution in [1.29, 1.82) is 0 Å². The number of hydrogen-bond acceptors (Lipinski definition) is 4. The Morgan fingerprint density at radius 1 is 1.14 bits per heavy atom. The van der Waals surface area contributed by atoms with E-state index >= 15 is 0 Å². The summed E-state index contributed by atoms with van der Waals surface area (Å²) in [7, 11) is 1.82. The van der Waals surface area contributed by atoms with Gasteiger partial charge in [-0.25, -0.2) is 9.67 Å². The molecule has 28 heavy (non-hydrogen) atoms. The molecular formula is C18H21F3N6O. The van der Waals surface area contributed by atoms with Gasteiger partial charge >= 0.3 is 6.18 Å². The molecule has 0 saturated carbocycles. The molecule has 0 spiro atoms. The first-order valence-corrected chi connectivity index (χ1v) is 8.66. The third kappa shape index (κ3) is 3.58. The summed E-state index contributed by atoms with van der Waals surface area (Å²) in [6.07, 6.45) is -4.53. The van der Waals surface area contributed by atoms with Crippen LogP contribution in [0.5, 0.6) is 0 Å². The number of rotatable bonds is 4. The summed E-state index contributed by atoms with van der Waals surface area (Å²) >= 11 is 0. The van der Waals surface area contributed by atoms with Crippen molar-refractivity contribution in [2.24, 2.45) is 7.05 Å². The molecule has 0 aromatic carbocycles. The molecule has 0 fully saturated rings. The van der Waals surface area contributed by atoms with Crippen molar-refractivity contribution in [3.63, 3.8) is 0 Å². The van der Waals surface area contributed by atoms with Crippen molar-refractivity contribution in [3.8, 4) is 0 Å². The summed E-state index contributed by atoms with van der Waals surface area (Å²) in [6, 6.07) is 0.995. The average Bonchev–Trinajstić information content (AvgIpc) is 3.00. The number of pyridine rings is 1. The van der Waals surface area contributed by atoms with Crippen molar-refractivity contribution in [3.05, 3.63) is 40.0 Å². The maximum Gasteiger partial charge on any atom is 0.417 e. The molecule has 10 heteroatoms. The van der Waals surface area contributed by atoms with Crippen LogP contribution in [0.25, 0.3) is 11.0 Å². The van der Waals surface area contributed by atoms with Crippen LogP contribution in [0, 0.1) is 27.7 Å². The molecule has 3 aromatic rings. The van der Waals surface area contributed by atoms with Crippen molar-refractivity contribution >= 4 is 16.9 Å². The summed E-state index contributed by atoms with van der Waals surface area (Å²) in [4.78, 5) is 16.6. The van der Waals surface area contributed by atoms with Gasteiger partial charge in [0.25, 0.3) is 0 Å². The normalized spacial score (nSPS) is 12.0. The number of carbonyl (C=O) groups is 1. The molecule has 1 N–H and O–H groups in total. The monoisotopic (exact) mass is 394 g/mol. The topological polar surface area (TPSA) is 77.6 Å². The number of nitrogens with zero attached hydrogens (tertiary/aromatic N) is 5. The van der Waals surface area contributed by atoms with Gasteiger partial charge in [-0.05, 0) is 33.8 Å². The highest BCUT2D eigenvalue weighted by molar-refractivity contribution is 5.85. The zero-order valence-electron chi connectivity index (χ0n) is 16.3. The van der Waals surface area contributed by atoms with Gasteiger partial charge in [0.2, 0.25) is 5.91 Å². The summed E-state index contributed by atoms with van der Waals surface area (Å²) in [5.74, 6) is -0.371. The standard InChI is InChI=1S/C18H21F3N6O/c1-9-6-14(18(19,20)21)16-11(3)25-27(17(16)23-9)8-15(28)22-7-13-10(2)24-26(5)12(13)4/h6H,7-8H2,1-5H3,(H,22,28). The fraction of sp³-hybridized carbons (Fsp3) is 0.444. The Bertz CT molecular complexity index is 1060. The minimum atomic E-state index is -4.53. The van der Waals surface area contributed by atoms with Gasteiger partial charge in [0.15, 0.2) is 5.65 Å². The average molecular weight is 394 g/mol. The first-order valence-electron chi connectivity index (χ1n) is 8.66. The summed E-state index contributed by atoms with van der Waals surface area (Å²) in [5, 5.41) is 11.1. The predicted octanol–water partition coefficient (Wildman–Crippen LogP) is 2.73. The quantitative estimate of drug-likeness (QED) is 0.738. The van der Waals surface area contributed by atoms with E-state index in [1.165, 1.54) is 18.5 Å². The first kappa shape index (κ1) is 19.8. The van der Waals surface area contributed by atoms with E-state index in [2.05, 4.69) is 20.5 Å². The molecule has 3 heterocycles. The van der Waals surface area contributed by atoms with Crippen LogP contribution >= 0.6 is 0 Å². The lowest BCUT2D eigenvalue weighted by molar-refractivity contribution is -0.136. The van der Waals surface area contributed by atoms with Gasteiger partial charge in [0.05, 0.1) is 22.3 Å². The summed E-state index contributed by atoms with van der Waals surface area (Å²) in [5.41, 5.74) is 2.31. The molecule has 3 aromatic heterocycles. The molecule has 0 bridgehead atoms. The number of halogens is 3. The second-order valence-corrected chi connectivity index (χ2v) is 6.80. The molecule has 1 amide bonds. The highest BCUT2D eigenvalue weighted by Gasteiger charge is 2.35. The Morgan fingerprint density at radius 3 is 2.39 bits per heavy atom. The van der Waals surface area contributed by atoms with Crippen molar-refractivity contribution in [2.45, 2.75) is 47.0 Å². The van der Waals surface area contributed by atoms with Gasteiger partial charge in [-0.1, -0.05) is 0 Å². The minimum absolute atomic E-state index is 0.0497. The SMILES string of the molecule is Cc1cc(C(F)(F)F)c2c(C)nn(CC(=O)NCc3c(C)nn(C)c3C)c2n1. The van der Waals surface area contributed by atoms with Gasteiger partial charge in [-0.2, -0.15) is 23.4 Å². The Balaban J connectivity index is 1.86. The van der Waals surface area contributed by atoms with E-state index in [0.717, 1.165) is 23.0 Å². The fourth-order valence-corrected chi connectivity index (χ4v) is 3.26. The molecule has 3 rings (SSSR count). The molecule has 0 aliphatic rings. The van der Waals surface area contributed by atoms with Crippen LogP contribution in [0.2, 0.25) is 0 Å². The van der Waals surface area contributed by atoms with Crippen molar-refractivity contribution < 1.29 is 18.0 Å². The van der Waals surface area contributed by atoms with Gasteiger partial charge in [0, 0.05) is 30.5 Å². The summed E-state index contributed by atoms with van der Waals surface area (Å²) < 4.78 is 43.1. The molecule has 0 aliphatic heterocycles. The van der Waals surface area contributed by atoms with Gasteiger partial charge in [-0.3, -0.25) is 9.48 Å². The highest BCUT2D eigenvalue weighted by atomic mass is 19.4. The van der Waals surface area contributed by atoms with Crippen LogP contribution in [0.3, 0.4) is 0 Å². The van der Waals surface area contributed by atoms with E-state index in [0.29, 0.717) is 0 Å². The van der Waals surface area contributed by atoms with Crippen molar-refractivity contribution in [2.75, 3.05) is 0 Å². The Kier molecular flexibility index (Phi) is 4.90. The lowest BCUT2D eigenvalue weighted by Gasteiger charge is -2.10. The first-order chi connectivity index (χ1) is 13.0. The van der Waals surface area contributed by atoms with Crippen LogP contribution in [0.1, 0.15) is 33.9 Å². The smallest absolute Gasteiger partial charge is 0.350 e. The molecule has 0 atom stereocenters. The number of aromatic nitrogens is 5. The van der Waals surface area contributed by atoms with E-state index in [9.17, 15) is 18.0 Å². The number of alkyl halides is 3. The molecule has 0 unspecified atom stereocenters. The third-order valence-corrected chi connectivity index (χ3v) is 4.73. The van der Waals surface area contributed by atoms with E-state index in [1.807, 2.05) is 20.9 Å². The van der Waals surface area contributed by atoms with Gasteiger partial charge < -0.3 is 5.32 Å².